The van der Waals surface area contributed by atoms with Crippen LogP contribution < -0.4 is 16.0 Å². The molecule has 0 aliphatic carbocycles. The highest BCUT2D eigenvalue weighted by Gasteiger charge is 2.43. The highest BCUT2D eigenvalue weighted by molar-refractivity contribution is 9.10. The molecule has 25 heteroatoms. The van der Waals surface area contributed by atoms with Gasteiger partial charge in [-0.05, 0) is 157 Å². The number of ketones is 1. The van der Waals surface area contributed by atoms with E-state index in [1.54, 1.807) is 52.9 Å². The van der Waals surface area contributed by atoms with Crippen LogP contribution in [0.5, 0.6) is 0 Å². The average Bonchev–Trinajstić information content (AvgIpc) is 1.69. The maximum absolute atomic E-state index is 12.9. The summed E-state index contributed by atoms with van der Waals surface area (Å²) in [7, 11) is 2.84. The largest absolute Gasteiger partial charge is 0.445 e. The summed E-state index contributed by atoms with van der Waals surface area (Å²) in [6.07, 6.45) is -7.84. The highest BCUT2D eigenvalue weighted by Crippen LogP contribution is 2.37. The SMILES string of the molecule is CON(C)C(=O)[C@H](C)NC(=O)OCc1ccccc1.Cc1cc(Br)cc(C(F)(F)F)c1.Cc1cc(C)cc(C(=O)[C@H](C)NC(=O)OCc2ccccc2)c1.Cc1cc(C)cc([C@H]2OC(=O)N(C(=O)CCc3cncc4ccccc34)[C@H]2C)c1.Cc1cc([C@H]2OC(=O)N[C@H]2C)cc(C(F)(F)F)c1. The van der Waals surface area contributed by atoms with Crippen molar-refractivity contribution in [3.05, 3.63) is 252 Å². The van der Waals surface area contributed by atoms with Crippen molar-refractivity contribution >= 4 is 68.7 Å². The Labute approximate surface area is 591 Å². The van der Waals surface area contributed by atoms with Gasteiger partial charge in [0.05, 0.1) is 36.4 Å². The van der Waals surface area contributed by atoms with Crippen molar-refractivity contribution in [3.8, 4) is 0 Å². The third-order valence-corrected chi connectivity index (χ3v) is 16.0. The van der Waals surface area contributed by atoms with Gasteiger partial charge in [-0.1, -0.05) is 159 Å². The molecule has 536 valence electrons. The number of amides is 6. The quantitative estimate of drug-likeness (QED) is 0.0377. The first-order chi connectivity index (χ1) is 47.6. The Bertz CT molecular complexity index is 4120. The lowest BCUT2D eigenvalue weighted by atomic mass is 9.98. The number of aryl methyl sites for hydroxylation is 7. The van der Waals surface area contributed by atoms with Crippen LogP contribution in [0.1, 0.15) is 129 Å². The van der Waals surface area contributed by atoms with Crippen molar-refractivity contribution in [2.24, 2.45) is 0 Å². The zero-order valence-electron chi connectivity index (χ0n) is 57.8. The lowest BCUT2D eigenvalue weighted by Crippen LogP contribution is -2.45. The fourth-order valence-electron chi connectivity index (χ4n) is 10.8. The number of alkyl halides is 6. The van der Waals surface area contributed by atoms with E-state index in [4.69, 9.17) is 23.8 Å². The third-order valence-electron chi connectivity index (χ3n) is 15.6. The number of aromatic nitrogens is 1. The van der Waals surface area contributed by atoms with Crippen LogP contribution in [0, 0.1) is 41.5 Å². The van der Waals surface area contributed by atoms with Crippen molar-refractivity contribution in [2.45, 2.75) is 144 Å². The molecule has 2 fully saturated rings. The molecule has 0 spiro atoms. The second kappa shape index (κ2) is 36.8. The minimum absolute atomic E-state index is 0.131. The number of imide groups is 1. The Morgan fingerprint density at radius 3 is 1.59 bits per heavy atom. The van der Waals surface area contributed by atoms with Gasteiger partial charge in [-0.15, -0.1) is 0 Å². The number of nitrogens with zero attached hydrogens (tertiary/aromatic N) is 3. The molecule has 0 radical (unpaired) electrons. The second-order valence-corrected chi connectivity index (χ2v) is 25.2. The van der Waals surface area contributed by atoms with E-state index >= 15 is 0 Å². The average molecular weight is 1460 g/mol. The van der Waals surface area contributed by atoms with Gasteiger partial charge in [0.25, 0.3) is 5.91 Å². The second-order valence-electron chi connectivity index (χ2n) is 24.3. The van der Waals surface area contributed by atoms with Gasteiger partial charge >= 0.3 is 36.7 Å². The molecular formula is C76H81BrF6N6O12. The summed E-state index contributed by atoms with van der Waals surface area (Å²) in [5.74, 6) is -0.713. The van der Waals surface area contributed by atoms with Crippen LogP contribution >= 0.6 is 15.9 Å². The minimum atomic E-state index is -4.40. The van der Waals surface area contributed by atoms with Crippen LogP contribution in [-0.2, 0) is 65.4 Å². The number of hydrogen-bond acceptors (Lipinski definition) is 13. The summed E-state index contributed by atoms with van der Waals surface area (Å²) in [6, 6.07) is 43.9. The molecule has 7 aromatic carbocycles. The van der Waals surface area contributed by atoms with Gasteiger partial charge in [0.2, 0.25) is 5.91 Å². The Morgan fingerprint density at radius 1 is 0.614 bits per heavy atom. The fraction of sp³-hybridized carbons (Fsp3) is 0.316. The van der Waals surface area contributed by atoms with Crippen LogP contribution in [0.2, 0.25) is 0 Å². The number of halogens is 7. The molecule has 6 amide bonds. The van der Waals surface area contributed by atoms with Crippen molar-refractivity contribution in [2.75, 3.05) is 14.2 Å². The first kappa shape index (κ1) is 79.8. The molecule has 2 saturated heterocycles. The maximum atomic E-state index is 12.9. The molecule has 3 heterocycles. The summed E-state index contributed by atoms with van der Waals surface area (Å²) < 4.78 is 95.6. The molecule has 1 aromatic heterocycles. The van der Waals surface area contributed by atoms with Crippen LogP contribution in [0.25, 0.3) is 10.8 Å². The Hall–Kier alpha value is -10.1. The lowest BCUT2D eigenvalue weighted by Gasteiger charge is -2.20. The molecule has 101 heavy (non-hydrogen) atoms. The molecule has 8 aromatic rings. The van der Waals surface area contributed by atoms with Crippen molar-refractivity contribution in [3.63, 3.8) is 0 Å². The summed E-state index contributed by atoms with van der Waals surface area (Å²) in [6.45, 7) is 18.2. The van der Waals surface area contributed by atoms with Crippen LogP contribution in [-0.4, -0.2) is 95.2 Å². The number of carbonyl (C=O) groups is 7. The van der Waals surface area contributed by atoms with Crippen molar-refractivity contribution in [1.82, 2.24) is 30.9 Å². The summed E-state index contributed by atoms with van der Waals surface area (Å²) in [5, 5.41) is 10.7. The van der Waals surface area contributed by atoms with Gasteiger partial charge < -0.3 is 34.9 Å². The van der Waals surface area contributed by atoms with E-state index in [0.29, 0.717) is 33.1 Å². The number of rotatable bonds is 15. The summed E-state index contributed by atoms with van der Waals surface area (Å²) >= 11 is 3.01. The van der Waals surface area contributed by atoms with Crippen LogP contribution in [0.3, 0.4) is 0 Å². The predicted molar refractivity (Wildman–Crippen MR) is 372 cm³/mol. The number of cyclic esters (lactones) is 2. The summed E-state index contributed by atoms with van der Waals surface area (Å²) in [4.78, 5) is 94.0. The lowest BCUT2D eigenvalue weighted by molar-refractivity contribution is -0.170. The Morgan fingerprint density at radius 2 is 1.09 bits per heavy atom. The van der Waals surface area contributed by atoms with E-state index in [1.807, 2.05) is 156 Å². The first-order valence-corrected chi connectivity index (χ1v) is 32.7. The highest BCUT2D eigenvalue weighted by atomic mass is 79.9. The maximum Gasteiger partial charge on any atom is 0.417 e. The number of carbonyl (C=O) groups excluding carboxylic acids is 7. The molecule has 2 aliphatic rings. The smallest absolute Gasteiger partial charge is 0.417 e. The number of ether oxygens (including phenoxy) is 4. The van der Waals surface area contributed by atoms with Crippen molar-refractivity contribution < 1.29 is 83.7 Å². The van der Waals surface area contributed by atoms with Gasteiger partial charge in [-0.2, -0.15) is 26.3 Å². The number of benzene rings is 7. The molecular weight excluding hydrogens is 1380 g/mol. The molecule has 6 atom stereocenters. The molecule has 0 unspecified atom stereocenters. The van der Waals surface area contributed by atoms with E-state index in [-0.39, 0.29) is 49.3 Å². The Kier molecular flexibility index (Phi) is 29.1. The van der Waals surface area contributed by atoms with E-state index in [0.717, 1.165) is 84.6 Å². The number of pyridine rings is 1. The van der Waals surface area contributed by atoms with E-state index in [2.05, 4.69) is 42.9 Å². The third kappa shape index (κ3) is 24.6. The minimum Gasteiger partial charge on any atom is -0.445 e. The number of Topliss-reactive ketones (excluding diaryl/α,β-unsaturated/α-hetero) is 1. The molecule has 0 bridgehead atoms. The monoisotopic (exact) mass is 1460 g/mol. The molecule has 0 saturated carbocycles. The van der Waals surface area contributed by atoms with Crippen LogP contribution in [0.4, 0.5) is 45.5 Å². The van der Waals surface area contributed by atoms with Gasteiger partial charge in [0.1, 0.15) is 31.5 Å². The zero-order valence-corrected chi connectivity index (χ0v) is 59.4. The predicted octanol–water partition coefficient (Wildman–Crippen LogP) is 17.0. The normalized spacial score (nSPS) is 15.9. The zero-order chi connectivity index (χ0) is 74.5. The molecule has 18 nitrogen and oxygen atoms in total. The van der Waals surface area contributed by atoms with Crippen LogP contribution in [0.15, 0.2) is 175 Å². The van der Waals surface area contributed by atoms with Gasteiger partial charge in [0.15, 0.2) is 5.78 Å². The van der Waals surface area contributed by atoms with E-state index < -0.39 is 72.1 Å². The van der Waals surface area contributed by atoms with Crippen molar-refractivity contribution in [1.29, 1.82) is 0 Å². The topological polar surface area (TPSA) is 221 Å². The van der Waals surface area contributed by atoms with E-state index in [9.17, 15) is 59.9 Å². The molecule has 3 N–H and O–H groups in total. The van der Waals surface area contributed by atoms with E-state index in [1.165, 1.54) is 19.1 Å². The number of hydroxylamine groups is 2. The number of nitrogens with one attached hydrogen (secondary N) is 3. The van der Waals surface area contributed by atoms with Gasteiger partial charge in [-0.3, -0.25) is 24.2 Å². The molecule has 10 rings (SSSR count). The van der Waals surface area contributed by atoms with Gasteiger partial charge in [-0.25, -0.2) is 29.1 Å². The fourth-order valence-corrected chi connectivity index (χ4v) is 11.4. The molecule has 2 aliphatic heterocycles. The summed E-state index contributed by atoms with van der Waals surface area (Å²) in [5.41, 5.74) is 8.65. The first-order valence-electron chi connectivity index (χ1n) is 31.9. The Balaban J connectivity index is 0.000000204. The standard InChI is InChI=1S/C24H24N2O3.C19H21NO3.C13H18N2O4.C12H12F3NO2.C8H6BrF3/c1-15-10-16(2)12-20(11-15)23-17(3)26(24(28)29-23)22(27)9-8-19-14-25-13-18-6-4-5-7-21(18)19;1-13-9-14(2)11-17(10-13)18(21)15(3)20-19(22)23-12-16-7-5-4-6-8-16;1-10(12(16)15(2)18-3)14-13(17)19-9-11-7-5-4-6-8-11;1-6-3-8(5-9(4-6)12(13,14)15)10-7(2)16-11(17)18-10;1-5-2-6(8(10,11)12)4-7(9)3-5/h4-7,10-14,17,23H,8-9H2,1-3H3;4-11,15H,12H2,1-3H3,(H,20,22);4-8,10H,9H2,1-3H3,(H,14,17);3-5,7,10H,1-2H3,(H,16,17);2-4H,1H3/t17-,23-;15-;10-;7-,10-;/m0000./s1. The number of likely N-dealkylation sites (N-methyl/N-ethyl adjacent to an activating group) is 1. The number of hydrogen-bond donors (Lipinski definition) is 3. The number of alkyl carbamates (subject to hydrolysis) is 3. The number of fused-ring (bicyclic) bond motifs is 1. The van der Waals surface area contributed by atoms with Gasteiger partial charge in [0, 0.05) is 41.3 Å².